The highest BCUT2D eigenvalue weighted by Gasteiger charge is 2.01. The molecule has 0 atom stereocenters. The second-order valence-corrected chi connectivity index (χ2v) is 4.11. The second-order valence-electron chi connectivity index (χ2n) is 3.70. The minimum absolute atomic E-state index is 0.150. The molecule has 0 N–H and O–H groups in total. The highest BCUT2D eigenvalue weighted by Crippen LogP contribution is 2.24. The van der Waals surface area contributed by atoms with Gasteiger partial charge in [0.2, 0.25) is 0 Å². The van der Waals surface area contributed by atoms with Gasteiger partial charge in [0.25, 0.3) is 0 Å². The van der Waals surface area contributed by atoms with Crippen LogP contribution in [0.4, 0.5) is 0 Å². The van der Waals surface area contributed by atoms with Crippen molar-refractivity contribution in [1.29, 1.82) is 0 Å². The van der Waals surface area contributed by atoms with Crippen LogP contribution in [-0.2, 0) is 6.61 Å². The summed E-state index contributed by atoms with van der Waals surface area (Å²) >= 11 is 5.95. The zero-order valence-corrected chi connectivity index (χ0v) is 10.2. The van der Waals surface area contributed by atoms with Crippen LogP contribution in [0, 0.1) is 0 Å². The van der Waals surface area contributed by atoms with Crippen molar-refractivity contribution in [2.75, 3.05) is 0 Å². The van der Waals surface area contributed by atoms with Crippen molar-refractivity contribution in [2.45, 2.75) is 6.61 Å². The maximum absolute atomic E-state index is 10.6. The zero-order chi connectivity index (χ0) is 13.0. The van der Waals surface area contributed by atoms with E-state index in [-0.39, 0.29) is 5.56 Å². The number of carbonyl (C=O) groups excluding carboxylic acids is 1. The van der Waals surface area contributed by atoms with Crippen molar-refractivity contribution in [3.05, 3.63) is 64.7 Å². The lowest BCUT2D eigenvalue weighted by Gasteiger charge is -2.08. The van der Waals surface area contributed by atoms with E-state index in [2.05, 4.69) is 0 Å². The molecule has 2 rings (SSSR count). The molecule has 0 aliphatic carbocycles. The molecule has 92 valence electrons. The number of hydrogen-bond acceptors (Lipinski definition) is 3. The third kappa shape index (κ3) is 3.02. The Labute approximate surface area is 110 Å². The van der Waals surface area contributed by atoms with Crippen molar-refractivity contribution in [1.82, 2.24) is 0 Å². The van der Waals surface area contributed by atoms with E-state index in [0.717, 1.165) is 5.56 Å². The third-order valence-corrected chi connectivity index (χ3v) is 2.73. The molecule has 0 heterocycles. The molecule has 0 aromatic heterocycles. The Bertz CT molecular complexity index is 549. The topological polar surface area (TPSA) is 49.4 Å². The van der Waals surface area contributed by atoms with Gasteiger partial charge in [0.1, 0.15) is 12.4 Å². The van der Waals surface area contributed by atoms with E-state index in [4.69, 9.17) is 16.3 Å². The van der Waals surface area contributed by atoms with E-state index in [1.54, 1.807) is 24.3 Å². The molecule has 4 heteroatoms. The molecule has 18 heavy (non-hydrogen) atoms. The first-order valence-electron chi connectivity index (χ1n) is 5.34. The van der Waals surface area contributed by atoms with Gasteiger partial charge in [0, 0.05) is 0 Å². The lowest BCUT2D eigenvalue weighted by atomic mass is 10.1. The summed E-state index contributed by atoms with van der Waals surface area (Å²) in [6, 6.07) is 13.5. The van der Waals surface area contributed by atoms with E-state index >= 15 is 0 Å². The number of hydrogen-bond donors (Lipinski definition) is 0. The van der Waals surface area contributed by atoms with E-state index < -0.39 is 5.97 Å². The summed E-state index contributed by atoms with van der Waals surface area (Å²) in [5, 5.41) is 11.1. The number of para-hydroxylation sites is 1. The molecular weight excluding hydrogens is 252 g/mol. The zero-order valence-electron chi connectivity index (χ0n) is 9.43. The number of aromatic carboxylic acids is 1. The highest BCUT2D eigenvalue weighted by atomic mass is 35.5. The van der Waals surface area contributed by atoms with Crippen LogP contribution in [0.3, 0.4) is 0 Å². The van der Waals surface area contributed by atoms with Crippen molar-refractivity contribution in [2.24, 2.45) is 0 Å². The van der Waals surface area contributed by atoms with Crippen molar-refractivity contribution >= 4 is 17.6 Å². The molecule has 0 spiro atoms. The predicted octanol–water partition coefficient (Wildman–Crippen LogP) is 2.28. The molecule has 0 unspecified atom stereocenters. The van der Waals surface area contributed by atoms with Gasteiger partial charge in [-0.1, -0.05) is 48.0 Å². The predicted molar refractivity (Wildman–Crippen MR) is 66.6 cm³/mol. The van der Waals surface area contributed by atoms with Gasteiger partial charge < -0.3 is 14.6 Å². The van der Waals surface area contributed by atoms with E-state index in [1.165, 1.54) is 12.1 Å². The minimum atomic E-state index is -1.19. The number of carboxylic acids is 1. The van der Waals surface area contributed by atoms with Crippen LogP contribution < -0.4 is 9.84 Å². The van der Waals surface area contributed by atoms with E-state index in [9.17, 15) is 9.90 Å². The Morgan fingerprint density at radius 2 is 1.78 bits per heavy atom. The van der Waals surface area contributed by atoms with Gasteiger partial charge in [-0.05, 0) is 23.3 Å². The molecule has 0 bridgehead atoms. The van der Waals surface area contributed by atoms with Crippen LogP contribution in [0.15, 0.2) is 48.5 Å². The first-order chi connectivity index (χ1) is 8.66. The van der Waals surface area contributed by atoms with Crippen LogP contribution in [-0.4, -0.2) is 5.97 Å². The lowest BCUT2D eigenvalue weighted by Crippen LogP contribution is -2.22. The molecule has 2 aromatic rings. The number of carbonyl (C=O) groups is 1. The van der Waals surface area contributed by atoms with Gasteiger partial charge in [-0.15, -0.1) is 0 Å². The first kappa shape index (κ1) is 12.5. The van der Waals surface area contributed by atoms with Gasteiger partial charge in [-0.2, -0.15) is 0 Å². The molecule has 2 aromatic carbocycles. The molecule has 0 radical (unpaired) electrons. The van der Waals surface area contributed by atoms with Gasteiger partial charge >= 0.3 is 0 Å². The van der Waals surface area contributed by atoms with Crippen LogP contribution in [0.5, 0.6) is 5.75 Å². The maximum atomic E-state index is 10.6. The van der Waals surface area contributed by atoms with Crippen LogP contribution >= 0.6 is 11.6 Å². The summed E-state index contributed by atoms with van der Waals surface area (Å²) in [6.07, 6.45) is 0. The van der Waals surface area contributed by atoms with Crippen molar-refractivity contribution < 1.29 is 14.6 Å². The average molecular weight is 262 g/mol. The van der Waals surface area contributed by atoms with Crippen LogP contribution in [0.1, 0.15) is 15.9 Å². The number of carboxylic acid groups (broad SMARTS) is 1. The molecule has 0 aliphatic rings. The Kier molecular flexibility index (Phi) is 3.85. The molecule has 0 saturated heterocycles. The molecular formula is C14H10ClO3-. The minimum Gasteiger partial charge on any atom is -0.545 e. The summed E-state index contributed by atoms with van der Waals surface area (Å²) in [5.41, 5.74) is 1.01. The number of rotatable bonds is 4. The standard InChI is InChI=1S/C14H11ClO3/c15-12-3-1-2-4-13(12)18-9-10-5-7-11(8-6-10)14(16)17/h1-8H,9H2,(H,16,17)/p-1. The SMILES string of the molecule is O=C([O-])c1ccc(COc2ccccc2Cl)cc1. The van der Waals surface area contributed by atoms with Crippen LogP contribution in [0.25, 0.3) is 0 Å². The Morgan fingerprint density at radius 3 is 2.39 bits per heavy atom. The highest BCUT2D eigenvalue weighted by molar-refractivity contribution is 6.32. The van der Waals surface area contributed by atoms with Crippen molar-refractivity contribution in [3.63, 3.8) is 0 Å². The Morgan fingerprint density at radius 1 is 1.11 bits per heavy atom. The summed E-state index contributed by atoms with van der Waals surface area (Å²) in [7, 11) is 0. The van der Waals surface area contributed by atoms with Crippen LogP contribution in [0.2, 0.25) is 5.02 Å². The van der Waals surface area contributed by atoms with E-state index in [0.29, 0.717) is 17.4 Å². The summed E-state index contributed by atoms with van der Waals surface area (Å²) in [4.78, 5) is 10.6. The Balaban J connectivity index is 2.02. The molecule has 0 saturated carbocycles. The molecule has 0 amide bonds. The third-order valence-electron chi connectivity index (χ3n) is 2.42. The monoisotopic (exact) mass is 261 g/mol. The van der Waals surface area contributed by atoms with Gasteiger partial charge in [-0.3, -0.25) is 0 Å². The van der Waals surface area contributed by atoms with Crippen molar-refractivity contribution in [3.8, 4) is 5.75 Å². The largest absolute Gasteiger partial charge is 0.545 e. The quantitative estimate of drug-likeness (QED) is 0.848. The first-order valence-corrected chi connectivity index (χ1v) is 5.72. The van der Waals surface area contributed by atoms with Gasteiger partial charge in [-0.25, -0.2) is 0 Å². The second kappa shape index (κ2) is 5.56. The Hall–Kier alpha value is -2.00. The molecule has 0 fully saturated rings. The number of halogens is 1. The maximum Gasteiger partial charge on any atom is 0.138 e. The van der Waals surface area contributed by atoms with Gasteiger partial charge in [0.15, 0.2) is 0 Å². The van der Waals surface area contributed by atoms with Gasteiger partial charge in [0.05, 0.1) is 11.0 Å². The number of ether oxygens (including phenoxy) is 1. The fraction of sp³-hybridized carbons (Fsp3) is 0.0714. The summed E-state index contributed by atoms with van der Waals surface area (Å²) < 4.78 is 5.53. The van der Waals surface area contributed by atoms with E-state index in [1.807, 2.05) is 12.1 Å². The fourth-order valence-electron chi connectivity index (χ4n) is 1.46. The summed E-state index contributed by atoms with van der Waals surface area (Å²) in [5.74, 6) is -0.586. The lowest BCUT2D eigenvalue weighted by molar-refractivity contribution is -0.255. The normalized spacial score (nSPS) is 10.1. The summed E-state index contributed by atoms with van der Waals surface area (Å²) in [6.45, 7) is 0.330. The fourth-order valence-corrected chi connectivity index (χ4v) is 1.65. The molecule has 0 aliphatic heterocycles. The smallest absolute Gasteiger partial charge is 0.138 e. The number of benzene rings is 2. The molecule has 3 nitrogen and oxygen atoms in total. The average Bonchev–Trinajstić information content (AvgIpc) is 2.38.